The van der Waals surface area contributed by atoms with Crippen molar-refractivity contribution in [3.63, 3.8) is 0 Å². The molecule has 2 aromatic carbocycles. The molecule has 0 aliphatic heterocycles. The first kappa shape index (κ1) is 35.4. The molecule has 2 aromatic heterocycles. The molecule has 1 atom stereocenters. The SMILES string of the molecule is [C-]#[N+]c1c(N)nc(SCc2csc(-c3ccc(Cl)cc3)n2)c(C#N)c1-c1ccc(OCCOC(=O)CC[C@@H](N)C(=O)CCCN)cc1. The number of thioether (sulfide) groups is 1. The number of ether oxygens (including phenoxy) is 2. The molecule has 0 amide bonds. The van der Waals surface area contributed by atoms with E-state index in [0.717, 1.165) is 16.3 Å². The van der Waals surface area contributed by atoms with E-state index in [2.05, 4.69) is 15.9 Å². The van der Waals surface area contributed by atoms with E-state index in [1.807, 2.05) is 29.6 Å². The van der Waals surface area contributed by atoms with Crippen LogP contribution in [0.4, 0.5) is 11.5 Å². The summed E-state index contributed by atoms with van der Waals surface area (Å²) >= 11 is 8.83. The highest BCUT2D eigenvalue weighted by atomic mass is 35.5. The normalized spacial score (nSPS) is 11.3. The number of nitriles is 1. The van der Waals surface area contributed by atoms with Gasteiger partial charge in [-0.1, -0.05) is 47.6 Å². The number of carbonyl (C=O) groups is 2. The molecule has 2 heterocycles. The summed E-state index contributed by atoms with van der Waals surface area (Å²) < 4.78 is 10.9. The fraction of sp³-hybridized carbons (Fsp3) is 0.273. The average Bonchev–Trinajstić information content (AvgIpc) is 3.56. The van der Waals surface area contributed by atoms with Gasteiger partial charge in [-0.3, -0.25) is 9.59 Å². The number of hydrogen-bond donors (Lipinski definition) is 3. The van der Waals surface area contributed by atoms with Gasteiger partial charge in [0.05, 0.1) is 23.9 Å². The molecule has 0 spiro atoms. The molecule has 0 radical (unpaired) electrons. The number of aromatic nitrogens is 2. The maximum Gasteiger partial charge on any atom is 0.305 e. The van der Waals surface area contributed by atoms with Crippen LogP contribution in [-0.2, 0) is 20.1 Å². The number of Topliss-reactive ketones (excluding diaryl/α,β-unsaturated/α-hetero) is 1. The van der Waals surface area contributed by atoms with Crippen molar-refractivity contribution < 1.29 is 19.1 Å². The lowest BCUT2D eigenvalue weighted by Crippen LogP contribution is -2.31. The number of nitrogens with zero attached hydrogens (tertiary/aromatic N) is 4. The highest BCUT2D eigenvalue weighted by Crippen LogP contribution is 2.42. The second kappa shape index (κ2) is 17.4. The second-order valence-electron chi connectivity index (χ2n) is 10.2. The standard InChI is InChI=1S/C33H32ClN7O4S2/c1-39-30-29(20-6-10-24(11-7-20)44-15-16-45-28(43)13-12-26(37)27(42)3-2-14-35)25(17-36)33(41-31(30)38)47-19-23-18-46-32(40-23)21-4-8-22(34)9-5-21/h4-11,18,26H,2-3,12-16,19,35,37H2,(H2,38,41)/t26-/m1/s1. The molecule has 11 nitrogen and oxygen atoms in total. The Labute approximate surface area is 285 Å². The molecule has 0 fully saturated rings. The van der Waals surface area contributed by atoms with Crippen LogP contribution in [0.1, 0.15) is 36.9 Å². The Morgan fingerprint density at radius 2 is 1.81 bits per heavy atom. The smallest absolute Gasteiger partial charge is 0.305 e. The van der Waals surface area contributed by atoms with Gasteiger partial charge < -0.3 is 26.7 Å². The summed E-state index contributed by atoms with van der Waals surface area (Å²) in [6.45, 7) is 8.24. The lowest BCUT2D eigenvalue weighted by Gasteiger charge is -2.14. The summed E-state index contributed by atoms with van der Waals surface area (Å²) in [5.74, 6) is 0.378. The van der Waals surface area contributed by atoms with Gasteiger partial charge >= 0.3 is 5.97 Å². The van der Waals surface area contributed by atoms with Crippen molar-refractivity contribution in [1.82, 2.24) is 9.97 Å². The molecule has 242 valence electrons. The Kier molecular flexibility index (Phi) is 13.1. The maximum atomic E-state index is 12.0. The third kappa shape index (κ3) is 9.75. The number of benzene rings is 2. The fourth-order valence-electron chi connectivity index (χ4n) is 4.42. The fourth-order valence-corrected chi connectivity index (χ4v) is 6.36. The van der Waals surface area contributed by atoms with Gasteiger partial charge in [0.15, 0.2) is 0 Å². The maximum absolute atomic E-state index is 12.0. The van der Waals surface area contributed by atoms with Gasteiger partial charge in [-0.2, -0.15) is 5.26 Å². The third-order valence-corrected chi connectivity index (χ3v) is 9.05. The summed E-state index contributed by atoms with van der Waals surface area (Å²) in [4.78, 5) is 36.6. The van der Waals surface area contributed by atoms with E-state index >= 15 is 0 Å². The minimum atomic E-state index is -0.717. The number of hydrogen-bond acceptors (Lipinski definition) is 12. The Morgan fingerprint density at radius 3 is 2.49 bits per heavy atom. The minimum absolute atomic E-state index is 0.0129. The van der Waals surface area contributed by atoms with Crippen LogP contribution < -0.4 is 21.9 Å². The van der Waals surface area contributed by atoms with Crippen LogP contribution in [0.2, 0.25) is 5.02 Å². The number of nitrogens with two attached hydrogens (primary N) is 3. The first-order valence-electron chi connectivity index (χ1n) is 14.5. The molecule has 0 unspecified atom stereocenters. The zero-order valence-electron chi connectivity index (χ0n) is 25.3. The highest BCUT2D eigenvalue weighted by Gasteiger charge is 2.21. The number of ketones is 1. The van der Waals surface area contributed by atoms with Gasteiger partial charge in [-0.05, 0) is 49.2 Å². The van der Waals surface area contributed by atoms with Crippen LogP contribution in [0, 0.1) is 17.9 Å². The zero-order chi connectivity index (χ0) is 33.8. The molecule has 0 bridgehead atoms. The van der Waals surface area contributed by atoms with Crippen LogP contribution in [0.15, 0.2) is 58.9 Å². The number of carbonyl (C=O) groups excluding carboxylic acids is 2. The molecule has 0 aliphatic rings. The van der Waals surface area contributed by atoms with Gasteiger partial charge in [0.2, 0.25) is 5.69 Å². The van der Waals surface area contributed by atoms with Gasteiger partial charge in [0.1, 0.15) is 46.7 Å². The van der Waals surface area contributed by atoms with Crippen LogP contribution in [0.5, 0.6) is 5.75 Å². The first-order valence-corrected chi connectivity index (χ1v) is 16.8. The molecule has 0 saturated heterocycles. The van der Waals surface area contributed by atoms with E-state index in [9.17, 15) is 14.9 Å². The van der Waals surface area contributed by atoms with Gasteiger partial charge in [-0.15, -0.1) is 11.3 Å². The third-order valence-electron chi connectivity index (χ3n) is 6.85. The summed E-state index contributed by atoms with van der Waals surface area (Å²) in [5, 5.41) is 14.0. The quantitative estimate of drug-likeness (QED) is 0.0530. The van der Waals surface area contributed by atoms with Crippen molar-refractivity contribution in [3.05, 3.63) is 81.6 Å². The van der Waals surface area contributed by atoms with Crippen LogP contribution in [-0.4, -0.2) is 47.5 Å². The van der Waals surface area contributed by atoms with Crippen LogP contribution in [0.25, 0.3) is 26.5 Å². The molecular formula is C33H32ClN7O4S2. The molecule has 6 N–H and O–H groups in total. The van der Waals surface area contributed by atoms with E-state index in [4.69, 9.17) is 49.8 Å². The summed E-state index contributed by atoms with van der Waals surface area (Å²) in [5.41, 5.74) is 20.5. The minimum Gasteiger partial charge on any atom is -0.490 e. The van der Waals surface area contributed by atoms with E-state index in [0.29, 0.717) is 52.1 Å². The van der Waals surface area contributed by atoms with E-state index in [1.165, 1.54) is 23.1 Å². The van der Waals surface area contributed by atoms with E-state index in [1.54, 1.807) is 24.3 Å². The first-order chi connectivity index (χ1) is 22.7. The molecule has 0 aliphatic carbocycles. The largest absolute Gasteiger partial charge is 0.490 e. The van der Waals surface area contributed by atoms with E-state index < -0.39 is 12.0 Å². The molecule has 47 heavy (non-hydrogen) atoms. The Hall–Kier alpha value is -4.50. The number of nitrogen functional groups attached to an aromatic ring is 1. The number of esters is 1. The monoisotopic (exact) mass is 689 g/mol. The zero-order valence-corrected chi connectivity index (χ0v) is 27.7. The number of halogens is 1. The van der Waals surface area contributed by atoms with Gasteiger partial charge in [-0.25, -0.2) is 14.8 Å². The van der Waals surface area contributed by atoms with Crippen molar-refractivity contribution in [2.45, 2.75) is 42.5 Å². The molecule has 4 aromatic rings. The number of pyridine rings is 1. The van der Waals surface area contributed by atoms with Gasteiger partial charge in [0.25, 0.3) is 0 Å². The summed E-state index contributed by atoms with van der Waals surface area (Å²) in [6, 6.07) is 15.8. The van der Waals surface area contributed by atoms with Crippen molar-refractivity contribution >= 4 is 58.0 Å². The lowest BCUT2D eigenvalue weighted by atomic mass is 10.00. The van der Waals surface area contributed by atoms with Crippen LogP contribution in [0.3, 0.4) is 0 Å². The average molecular weight is 690 g/mol. The molecular weight excluding hydrogens is 658 g/mol. The number of rotatable bonds is 16. The van der Waals surface area contributed by atoms with E-state index in [-0.39, 0.29) is 48.9 Å². The lowest BCUT2D eigenvalue weighted by molar-refractivity contribution is -0.144. The molecule has 4 rings (SSSR count). The highest BCUT2D eigenvalue weighted by molar-refractivity contribution is 7.98. The van der Waals surface area contributed by atoms with Crippen LogP contribution >= 0.6 is 34.7 Å². The summed E-state index contributed by atoms with van der Waals surface area (Å²) in [6.07, 6.45) is 1.09. The number of anilines is 1. The second-order valence-corrected chi connectivity index (χ2v) is 12.4. The van der Waals surface area contributed by atoms with Crippen molar-refractivity contribution in [2.24, 2.45) is 11.5 Å². The van der Waals surface area contributed by atoms with Crippen molar-refractivity contribution in [3.8, 4) is 33.5 Å². The topological polar surface area (TPSA) is 185 Å². The van der Waals surface area contributed by atoms with Gasteiger partial charge in [0, 0.05) is 40.1 Å². The predicted molar refractivity (Wildman–Crippen MR) is 184 cm³/mol. The Bertz CT molecular complexity index is 1780. The predicted octanol–water partition coefficient (Wildman–Crippen LogP) is 6.16. The molecule has 14 heteroatoms. The molecule has 0 saturated carbocycles. The van der Waals surface area contributed by atoms with Crippen molar-refractivity contribution in [2.75, 3.05) is 25.5 Å². The Morgan fingerprint density at radius 1 is 1.09 bits per heavy atom. The Balaban J connectivity index is 1.37. The number of thiazole rings is 1. The van der Waals surface area contributed by atoms with Crippen molar-refractivity contribution in [1.29, 1.82) is 5.26 Å². The summed E-state index contributed by atoms with van der Waals surface area (Å²) in [7, 11) is 0.